The number of benzene rings is 13. The lowest BCUT2D eigenvalue weighted by atomic mass is 9.65. The Morgan fingerprint density at radius 3 is 1.56 bits per heavy atom. The second-order valence-electron chi connectivity index (χ2n) is 25.0. The Kier molecular flexibility index (Phi) is 9.18. The SMILES string of the molecule is Cc1ccc2c(c1)C1(c3ccccc3-2)c2ccccc2-n2c3cc(-c4cccc5c4-c4ccccc4C54c5cc(Cc6ccc7c(c6)C6(c8ccccc8O7)c7ccccc7-c7ccccc76)ccc5Oc5c(C)cccc54)ccc3c3cccc1c32. The number of rotatable bonds is 3. The summed E-state index contributed by atoms with van der Waals surface area (Å²) in [4.78, 5) is 0. The maximum atomic E-state index is 7.19. The van der Waals surface area contributed by atoms with Gasteiger partial charge < -0.3 is 14.0 Å². The molecule has 2 unspecified atom stereocenters. The van der Waals surface area contributed by atoms with Crippen LogP contribution in [0, 0.1) is 13.8 Å². The molecule has 0 radical (unpaired) electrons. The maximum absolute atomic E-state index is 7.19. The Morgan fingerprint density at radius 2 is 0.839 bits per heavy atom. The highest BCUT2D eigenvalue weighted by atomic mass is 16.5. The molecule has 0 amide bonds. The van der Waals surface area contributed by atoms with E-state index >= 15 is 0 Å². The van der Waals surface area contributed by atoms with Gasteiger partial charge in [0.2, 0.25) is 0 Å². The van der Waals surface area contributed by atoms with Crippen molar-refractivity contribution in [1.82, 2.24) is 4.57 Å². The van der Waals surface area contributed by atoms with Gasteiger partial charge in [0.1, 0.15) is 23.0 Å². The molecule has 3 heteroatoms. The molecule has 14 aromatic rings. The minimum atomic E-state index is -0.685. The zero-order valence-electron chi connectivity index (χ0n) is 48.0. The molecule has 13 aromatic carbocycles. The number of ether oxygens (including phenoxy) is 2. The van der Waals surface area contributed by atoms with Gasteiger partial charge in [0.15, 0.2) is 0 Å². The van der Waals surface area contributed by atoms with Crippen molar-refractivity contribution >= 4 is 21.8 Å². The van der Waals surface area contributed by atoms with Crippen molar-refractivity contribution < 1.29 is 9.47 Å². The first-order valence-electron chi connectivity index (χ1n) is 30.6. The van der Waals surface area contributed by atoms with Gasteiger partial charge in [-0.05, 0) is 156 Å². The van der Waals surface area contributed by atoms with Crippen LogP contribution in [0.4, 0.5) is 0 Å². The first-order chi connectivity index (χ1) is 42.9. The Bertz CT molecular complexity index is 5400. The third-order valence-electron chi connectivity index (χ3n) is 20.9. The summed E-state index contributed by atoms with van der Waals surface area (Å²) in [6, 6.07) is 103. The quantitative estimate of drug-likeness (QED) is 0.176. The second kappa shape index (κ2) is 16.8. The van der Waals surface area contributed by atoms with Crippen LogP contribution in [-0.2, 0) is 22.7 Å². The number of nitrogens with zero attached hydrogens (tertiary/aromatic N) is 1. The fraction of sp³-hybridized carbons (Fsp3) is 0.0714. The molecule has 3 nitrogen and oxygen atoms in total. The summed E-state index contributed by atoms with van der Waals surface area (Å²) < 4.78 is 16.7. The fourth-order valence-corrected chi connectivity index (χ4v) is 17.7. The van der Waals surface area contributed by atoms with E-state index in [2.05, 4.69) is 291 Å². The predicted molar refractivity (Wildman–Crippen MR) is 351 cm³/mol. The Morgan fingerprint density at radius 1 is 0.322 bits per heavy atom. The van der Waals surface area contributed by atoms with Gasteiger partial charge in [-0.15, -0.1) is 0 Å². The largest absolute Gasteiger partial charge is 0.457 e. The standard InChI is InChI=1S/C84H53NO2/c1-49-36-40-58-57-21-5-9-27-64(57)83(71(58)44-49)66-29-11-13-34-74(66)85-75-48-53(39-41-59(75)60-24-17-32-69(83)80(60)85)54-23-16-31-68-79(54)61-22-6-10-28-65(61)84(68)70-33-15-18-50(2)81(70)87-78-43-38-52(47-73(78)84)45-51-37-42-77-72(46-51)82(67-30-12-14-35-76(67)86-77)62-25-7-3-19-55(62)56-20-4-8-26-63(56)82/h3-44,46-48H,45H2,1-2H3. The number of fused-ring (bicyclic) bond motifs is 30. The molecule has 0 N–H and O–H groups in total. The van der Waals surface area contributed by atoms with E-state index in [0.29, 0.717) is 6.42 Å². The van der Waals surface area contributed by atoms with E-state index in [1.165, 1.54) is 150 Å². The molecule has 1 aromatic heterocycles. The van der Waals surface area contributed by atoms with Gasteiger partial charge in [-0.2, -0.15) is 0 Å². The highest BCUT2D eigenvalue weighted by Crippen LogP contribution is 2.67. The molecule has 2 atom stereocenters. The van der Waals surface area contributed by atoms with Crippen molar-refractivity contribution in [2.24, 2.45) is 0 Å². The molecule has 87 heavy (non-hydrogen) atoms. The van der Waals surface area contributed by atoms with Gasteiger partial charge in [-0.1, -0.05) is 248 Å². The van der Waals surface area contributed by atoms with E-state index in [0.717, 1.165) is 34.1 Å². The van der Waals surface area contributed by atoms with E-state index in [-0.39, 0.29) is 0 Å². The lowest BCUT2D eigenvalue weighted by Crippen LogP contribution is -2.33. The van der Waals surface area contributed by atoms with Gasteiger partial charge in [0.25, 0.3) is 0 Å². The van der Waals surface area contributed by atoms with Crippen molar-refractivity contribution in [2.75, 3.05) is 0 Å². The summed E-state index contributed by atoms with van der Waals surface area (Å²) in [5.41, 5.74) is 32.1. The van der Waals surface area contributed by atoms with Gasteiger partial charge in [-0.3, -0.25) is 0 Å². The molecule has 3 aliphatic carbocycles. The number of aryl methyl sites for hydroxylation is 2. The third kappa shape index (κ3) is 5.74. The van der Waals surface area contributed by atoms with Crippen molar-refractivity contribution in [3.8, 4) is 73.2 Å². The summed E-state index contributed by atoms with van der Waals surface area (Å²) in [5, 5.41) is 2.52. The molecule has 20 rings (SSSR count). The first kappa shape index (κ1) is 47.6. The second-order valence-corrected chi connectivity index (χ2v) is 25.0. The molecule has 6 aliphatic rings. The average Bonchev–Trinajstić information content (AvgIpc) is 1.57. The van der Waals surface area contributed by atoms with Gasteiger partial charge in [0.05, 0.1) is 33.0 Å². The summed E-state index contributed by atoms with van der Waals surface area (Å²) in [6.07, 6.45) is 0.714. The van der Waals surface area contributed by atoms with Gasteiger partial charge >= 0.3 is 0 Å². The number of aromatic nitrogens is 1. The number of hydrogen-bond acceptors (Lipinski definition) is 2. The molecule has 0 saturated heterocycles. The van der Waals surface area contributed by atoms with Crippen molar-refractivity contribution in [1.29, 1.82) is 0 Å². The number of hydrogen-bond donors (Lipinski definition) is 0. The molecule has 406 valence electrons. The van der Waals surface area contributed by atoms with Crippen molar-refractivity contribution in [2.45, 2.75) is 36.5 Å². The zero-order chi connectivity index (χ0) is 57.1. The van der Waals surface area contributed by atoms with E-state index in [1.807, 2.05) is 0 Å². The summed E-state index contributed by atoms with van der Waals surface area (Å²) in [6.45, 7) is 4.43. The van der Waals surface area contributed by atoms with Crippen LogP contribution in [0.25, 0.3) is 72.0 Å². The van der Waals surface area contributed by atoms with Crippen molar-refractivity contribution in [3.63, 3.8) is 0 Å². The summed E-state index contributed by atoms with van der Waals surface area (Å²) in [5.74, 6) is 3.61. The topological polar surface area (TPSA) is 23.4 Å². The van der Waals surface area contributed by atoms with Crippen LogP contribution >= 0.6 is 0 Å². The maximum Gasteiger partial charge on any atom is 0.135 e. The minimum absolute atomic E-state index is 0.478. The van der Waals surface area contributed by atoms with Crippen molar-refractivity contribution in [3.05, 3.63) is 362 Å². The van der Waals surface area contributed by atoms with Crippen LogP contribution in [-0.4, -0.2) is 4.57 Å². The van der Waals surface area contributed by atoms with Gasteiger partial charge in [0, 0.05) is 33.0 Å². The molecule has 0 bridgehead atoms. The van der Waals surface area contributed by atoms with Crippen LogP contribution in [0.15, 0.2) is 273 Å². The Labute approximate surface area is 504 Å². The van der Waals surface area contributed by atoms with Crippen LogP contribution in [0.3, 0.4) is 0 Å². The minimum Gasteiger partial charge on any atom is -0.457 e. The third-order valence-corrected chi connectivity index (χ3v) is 20.9. The molecule has 0 fully saturated rings. The van der Waals surface area contributed by atoms with E-state index in [1.54, 1.807) is 0 Å². The lowest BCUT2D eigenvalue weighted by molar-refractivity contribution is 0.432. The van der Waals surface area contributed by atoms with E-state index < -0.39 is 16.2 Å². The normalized spacial score (nSPS) is 17.3. The van der Waals surface area contributed by atoms with Crippen LogP contribution in [0.1, 0.15) is 89.0 Å². The van der Waals surface area contributed by atoms with Crippen LogP contribution in [0.5, 0.6) is 23.0 Å². The molecule has 0 saturated carbocycles. The Hall–Kier alpha value is -10.7. The average molecular weight is 1110 g/mol. The Balaban J connectivity index is 0.774. The molecule has 3 spiro atoms. The van der Waals surface area contributed by atoms with E-state index in [4.69, 9.17) is 9.47 Å². The fourth-order valence-electron chi connectivity index (χ4n) is 17.7. The molecular formula is C84H53NO2. The summed E-state index contributed by atoms with van der Waals surface area (Å²) >= 11 is 0. The summed E-state index contributed by atoms with van der Waals surface area (Å²) in [7, 11) is 0. The smallest absolute Gasteiger partial charge is 0.135 e. The molecule has 4 heterocycles. The van der Waals surface area contributed by atoms with Crippen LogP contribution < -0.4 is 9.47 Å². The highest BCUT2D eigenvalue weighted by Gasteiger charge is 2.55. The number of para-hydroxylation sites is 4. The lowest BCUT2D eigenvalue weighted by Gasteiger charge is -2.40. The highest BCUT2D eigenvalue weighted by molar-refractivity contribution is 6.14. The predicted octanol–water partition coefficient (Wildman–Crippen LogP) is 20.3. The first-order valence-corrected chi connectivity index (χ1v) is 30.6. The molecule has 3 aliphatic heterocycles. The monoisotopic (exact) mass is 1110 g/mol. The van der Waals surface area contributed by atoms with E-state index in [9.17, 15) is 0 Å². The molecular weight excluding hydrogens is 1050 g/mol. The zero-order valence-corrected chi connectivity index (χ0v) is 48.0. The van der Waals surface area contributed by atoms with Crippen LogP contribution in [0.2, 0.25) is 0 Å². The van der Waals surface area contributed by atoms with Gasteiger partial charge in [-0.25, -0.2) is 0 Å².